The van der Waals surface area contributed by atoms with Crippen LogP contribution in [0.3, 0.4) is 0 Å². The van der Waals surface area contributed by atoms with Crippen LogP contribution < -0.4 is 10.1 Å². The van der Waals surface area contributed by atoms with Gasteiger partial charge in [-0.2, -0.15) is 0 Å². The van der Waals surface area contributed by atoms with Crippen LogP contribution in [0.4, 0.5) is 4.79 Å². The van der Waals surface area contributed by atoms with Crippen LogP contribution in [-0.2, 0) is 15.1 Å². The van der Waals surface area contributed by atoms with E-state index in [2.05, 4.69) is 27.4 Å². The highest BCUT2D eigenvalue weighted by Crippen LogP contribution is 2.41. The Balaban J connectivity index is 1.29. The van der Waals surface area contributed by atoms with Gasteiger partial charge >= 0.3 is 6.03 Å². The van der Waals surface area contributed by atoms with E-state index in [1.54, 1.807) is 13.3 Å². The number of likely N-dealkylation sites (tertiary alicyclic amines) is 1. The Morgan fingerprint density at radius 3 is 2.67 bits per heavy atom. The Morgan fingerprint density at radius 2 is 1.94 bits per heavy atom. The van der Waals surface area contributed by atoms with Crippen molar-refractivity contribution in [2.75, 3.05) is 39.9 Å². The van der Waals surface area contributed by atoms with Crippen molar-refractivity contribution >= 4 is 18.0 Å². The zero-order valence-corrected chi connectivity index (χ0v) is 20.8. The van der Waals surface area contributed by atoms with Gasteiger partial charge in [0.05, 0.1) is 25.5 Å². The first kappa shape index (κ1) is 24.5. The molecule has 5 rings (SSSR count). The Labute approximate surface area is 212 Å². The minimum Gasteiger partial charge on any atom is -0.496 e. The number of benzene rings is 1. The van der Waals surface area contributed by atoms with Gasteiger partial charge in [0.2, 0.25) is 0 Å². The number of carbonyl (C=O) groups excluding carboxylic acids is 2. The topological polar surface area (TPSA) is 84.0 Å². The van der Waals surface area contributed by atoms with Crippen molar-refractivity contribution in [2.45, 2.75) is 37.3 Å². The predicted molar refractivity (Wildman–Crippen MR) is 136 cm³/mol. The van der Waals surface area contributed by atoms with Crippen LogP contribution in [0.5, 0.6) is 5.75 Å². The molecule has 4 heterocycles. The first-order valence-corrected chi connectivity index (χ1v) is 12.8. The van der Waals surface area contributed by atoms with Gasteiger partial charge in [-0.25, -0.2) is 4.79 Å². The molecule has 0 saturated carbocycles. The lowest BCUT2D eigenvalue weighted by Crippen LogP contribution is -2.54. The first-order valence-electron chi connectivity index (χ1n) is 12.8. The van der Waals surface area contributed by atoms with E-state index in [9.17, 15) is 9.59 Å². The van der Waals surface area contributed by atoms with Gasteiger partial charge in [0.25, 0.3) is 5.91 Å². The van der Waals surface area contributed by atoms with E-state index >= 15 is 0 Å². The maximum Gasteiger partial charge on any atom is 0.325 e. The minimum absolute atomic E-state index is 0.0345. The molecule has 0 aliphatic carbocycles. The molecule has 2 aromatic rings. The summed E-state index contributed by atoms with van der Waals surface area (Å²) in [5.74, 6) is 0.622. The van der Waals surface area contributed by atoms with Crippen LogP contribution >= 0.6 is 0 Å². The number of methoxy groups -OCH3 is 1. The quantitative estimate of drug-likeness (QED) is 0.571. The molecule has 8 heteroatoms. The summed E-state index contributed by atoms with van der Waals surface area (Å²) in [5, 5.41) is 3.09. The molecule has 0 unspecified atom stereocenters. The number of ether oxygens (including phenoxy) is 2. The predicted octanol–water partition coefficient (Wildman–Crippen LogP) is 3.44. The number of nitrogens with one attached hydrogen (secondary N) is 1. The van der Waals surface area contributed by atoms with Crippen molar-refractivity contribution in [3.8, 4) is 5.75 Å². The number of amides is 3. The van der Waals surface area contributed by atoms with Crippen LogP contribution in [0, 0.1) is 5.92 Å². The number of carbonyl (C=O) groups is 2. The average Bonchev–Trinajstić information content (AvgIpc) is 3.53. The number of imide groups is 1. The molecule has 190 valence electrons. The number of urea groups is 1. The molecule has 36 heavy (non-hydrogen) atoms. The third-order valence-electron chi connectivity index (χ3n) is 7.61. The van der Waals surface area contributed by atoms with Gasteiger partial charge in [-0.1, -0.05) is 36.4 Å². The summed E-state index contributed by atoms with van der Waals surface area (Å²) >= 11 is 0. The monoisotopic (exact) mass is 490 g/mol. The van der Waals surface area contributed by atoms with Gasteiger partial charge in [-0.3, -0.25) is 19.6 Å². The Kier molecular flexibility index (Phi) is 7.34. The van der Waals surface area contributed by atoms with Crippen LogP contribution in [0.25, 0.3) is 6.08 Å². The lowest BCUT2D eigenvalue weighted by atomic mass is 9.75. The molecule has 0 spiro atoms. The van der Waals surface area contributed by atoms with Gasteiger partial charge < -0.3 is 14.8 Å². The van der Waals surface area contributed by atoms with E-state index in [1.165, 1.54) is 4.90 Å². The summed E-state index contributed by atoms with van der Waals surface area (Å²) in [7, 11) is 1.68. The Morgan fingerprint density at radius 1 is 1.14 bits per heavy atom. The molecule has 3 fully saturated rings. The average molecular weight is 491 g/mol. The van der Waals surface area contributed by atoms with E-state index in [4.69, 9.17) is 9.47 Å². The number of pyridine rings is 1. The van der Waals surface area contributed by atoms with Gasteiger partial charge in [0, 0.05) is 24.9 Å². The Bertz CT molecular complexity index is 1090. The van der Waals surface area contributed by atoms with E-state index in [0.29, 0.717) is 18.8 Å². The number of rotatable bonds is 8. The van der Waals surface area contributed by atoms with Crippen molar-refractivity contribution in [3.63, 3.8) is 0 Å². The number of hydrogen-bond donors (Lipinski definition) is 1. The molecule has 1 aromatic heterocycles. The lowest BCUT2D eigenvalue weighted by molar-refractivity contribution is -0.135. The van der Waals surface area contributed by atoms with Crippen LogP contribution in [-0.4, -0.2) is 72.7 Å². The minimum atomic E-state index is -1.13. The summed E-state index contributed by atoms with van der Waals surface area (Å²) in [6, 6.07) is 13.2. The number of aromatic nitrogens is 1. The Hall–Kier alpha value is -3.23. The SMILES string of the molecule is COc1ccccc1/C=C/CN1CCC([C@]2(c3ccccn3)NC(=O)N(C[C@@H]3CCCO3)C2=O)CC1. The molecular weight excluding hydrogens is 456 g/mol. The second kappa shape index (κ2) is 10.8. The molecule has 0 radical (unpaired) electrons. The van der Waals surface area contributed by atoms with Crippen molar-refractivity contribution in [1.29, 1.82) is 0 Å². The second-order valence-corrected chi connectivity index (χ2v) is 9.72. The maximum absolute atomic E-state index is 13.9. The van der Waals surface area contributed by atoms with E-state index < -0.39 is 5.54 Å². The molecule has 3 aliphatic heterocycles. The zero-order valence-electron chi connectivity index (χ0n) is 20.8. The first-order chi connectivity index (χ1) is 17.6. The van der Waals surface area contributed by atoms with Crippen LogP contribution in [0.1, 0.15) is 36.9 Å². The third-order valence-corrected chi connectivity index (χ3v) is 7.61. The van der Waals surface area contributed by atoms with Crippen LogP contribution in [0.15, 0.2) is 54.7 Å². The highest BCUT2D eigenvalue weighted by Gasteiger charge is 2.58. The molecule has 3 amide bonds. The van der Waals surface area contributed by atoms with Crippen molar-refractivity contribution in [1.82, 2.24) is 20.1 Å². The summed E-state index contributed by atoms with van der Waals surface area (Å²) in [4.78, 5) is 35.3. The number of piperidine rings is 1. The molecule has 3 saturated heterocycles. The number of para-hydroxylation sites is 1. The van der Waals surface area contributed by atoms with Crippen molar-refractivity contribution in [2.24, 2.45) is 5.92 Å². The number of hydrogen-bond acceptors (Lipinski definition) is 6. The molecular formula is C28H34N4O4. The summed E-state index contributed by atoms with van der Waals surface area (Å²) in [6.45, 7) is 3.47. The van der Waals surface area contributed by atoms with Crippen molar-refractivity contribution < 1.29 is 19.1 Å². The second-order valence-electron chi connectivity index (χ2n) is 9.72. The molecule has 2 atom stereocenters. The third kappa shape index (κ3) is 4.75. The summed E-state index contributed by atoms with van der Waals surface area (Å²) < 4.78 is 11.2. The van der Waals surface area contributed by atoms with Gasteiger partial charge in [-0.05, 0) is 62.9 Å². The lowest BCUT2D eigenvalue weighted by Gasteiger charge is -2.40. The molecule has 1 aromatic carbocycles. The van der Waals surface area contributed by atoms with Gasteiger partial charge in [0.15, 0.2) is 5.54 Å². The molecule has 8 nitrogen and oxygen atoms in total. The fourth-order valence-electron chi connectivity index (χ4n) is 5.69. The molecule has 1 N–H and O–H groups in total. The maximum atomic E-state index is 13.9. The van der Waals surface area contributed by atoms with Gasteiger partial charge in [-0.15, -0.1) is 0 Å². The molecule has 0 bridgehead atoms. The zero-order chi connectivity index (χ0) is 25.0. The fraction of sp³-hybridized carbons (Fsp3) is 0.464. The van der Waals surface area contributed by atoms with Crippen molar-refractivity contribution in [3.05, 3.63) is 66.0 Å². The van der Waals surface area contributed by atoms with Crippen LogP contribution in [0.2, 0.25) is 0 Å². The van der Waals surface area contributed by atoms with Gasteiger partial charge in [0.1, 0.15) is 5.75 Å². The fourth-order valence-corrected chi connectivity index (χ4v) is 5.69. The number of nitrogens with zero attached hydrogens (tertiary/aromatic N) is 3. The summed E-state index contributed by atoms with van der Waals surface area (Å²) in [6.07, 6.45) is 9.26. The summed E-state index contributed by atoms with van der Waals surface area (Å²) in [5.41, 5.74) is 0.540. The largest absolute Gasteiger partial charge is 0.496 e. The normalized spacial score (nSPS) is 25.6. The van der Waals surface area contributed by atoms with E-state index in [1.807, 2.05) is 42.5 Å². The van der Waals surface area contributed by atoms with E-state index in [0.717, 1.165) is 56.6 Å². The smallest absolute Gasteiger partial charge is 0.325 e. The highest BCUT2D eigenvalue weighted by atomic mass is 16.5. The standard InChI is InChI=1S/C28H34N4O4/c1-35-24-11-3-2-8-21(24)9-6-16-31-17-13-22(14-18-31)28(25-12-4-5-15-29-25)26(33)32(27(34)30-28)20-23-10-7-19-36-23/h2-6,8-9,11-12,15,22-23H,7,10,13-14,16-20H2,1H3,(H,30,34)/b9-6+/t23-,28+/m0/s1. The molecule has 3 aliphatic rings. The highest BCUT2D eigenvalue weighted by molar-refractivity contribution is 6.07. The van der Waals surface area contributed by atoms with E-state index in [-0.39, 0.29) is 24.0 Å².